The number of rotatable bonds is 4. The van der Waals surface area contributed by atoms with Crippen LogP contribution >= 0.6 is 22.9 Å². The first-order chi connectivity index (χ1) is 12.1. The van der Waals surface area contributed by atoms with E-state index in [-0.39, 0.29) is 5.41 Å². The van der Waals surface area contributed by atoms with Gasteiger partial charge in [0.1, 0.15) is 0 Å². The Hall–Kier alpha value is -1.89. The summed E-state index contributed by atoms with van der Waals surface area (Å²) >= 11 is 7.67. The summed E-state index contributed by atoms with van der Waals surface area (Å²) in [5, 5.41) is 7.74. The van der Waals surface area contributed by atoms with E-state index in [1.807, 2.05) is 11.4 Å². The second kappa shape index (κ2) is 7.99. The highest BCUT2D eigenvalue weighted by atomic mass is 35.5. The minimum Gasteiger partial charge on any atom is -0.381 e. The summed E-state index contributed by atoms with van der Waals surface area (Å²) in [5.74, 6) is -1.39. The molecule has 3 rings (SSSR count). The SMILES string of the molecule is O=C(NCC1(c2cccs2)CCOCC1)C(=O)Nc1ccccc1Cl. The largest absolute Gasteiger partial charge is 0.381 e. The zero-order chi connectivity index (χ0) is 17.7. The van der Waals surface area contributed by atoms with Gasteiger partial charge in [-0.1, -0.05) is 29.8 Å². The third-order valence-electron chi connectivity index (χ3n) is 4.41. The van der Waals surface area contributed by atoms with Crippen LogP contribution in [0.3, 0.4) is 0 Å². The van der Waals surface area contributed by atoms with Crippen LogP contribution in [0, 0.1) is 0 Å². The fraction of sp³-hybridized carbons (Fsp3) is 0.333. The van der Waals surface area contributed by atoms with Crippen molar-refractivity contribution in [3.8, 4) is 0 Å². The summed E-state index contributed by atoms with van der Waals surface area (Å²) in [6.45, 7) is 1.71. The first-order valence-electron chi connectivity index (χ1n) is 8.06. The number of thiophene rings is 1. The number of para-hydroxylation sites is 1. The third kappa shape index (κ3) is 4.21. The maximum Gasteiger partial charge on any atom is 0.313 e. The van der Waals surface area contributed by atoms with Crippen LogP contribution in [0.5, 0.6) is 0 Å². The van der Waals surface area contributed by atoms with Crippen LogP contribution in [0.15, 0.2) is 41.8 Å². The Bertz CT molecular complexity index is 743. The van der Waals surface area contributed by atoms with Crippen LogP contribution in [0.4, 0.5) is 5.69 Å². The van der Waals surface area contributed by atoms with E-state index < -0.39 is 11.8 Å². The standard InChI is InChI=1S/C18H19ClN2O3S/c19-13-4-1-2-5-14(13)21-17(23)16(22)20-12-18(7-9-24-10-8-18)15-6-3-11-25-15/h1-6,11H,7-10,12H2,(H,20,22)(H,21,23). The molecular formula is C18H19ClN2O3S. The molecule has 0 spiro atoms. The molecule has 1 aromatic heterocycles. The molecule has 0 saturated carbocycles. The van der Waals surface area contributed by atoms with Gasteiger partial charge in [-0.15, -0.1) is 11.3 Å². The van der Waals surface area contributed by atoms with Gasteiger partial charge < -0.3 is 15.4 Å². The number of amides is 2. The molecule has 2 amide bonds. The number of hydrogen-bond donors (Lipinski definition) is 2. The lowest BCUT2D eigenvalue weighted by atomic mass is 9.78. The van der Waals surface area contributed by atoms with Crippen molar-refractivity contribution in [1.82, 2.24) is 5.32 Å². The first kappa shape index (κ1) is 17.9. The lowest BCUT2D eigenvalue weighted by molar-refractivity contribution is -0.136. The van der Waals surface area contributed by atoms with Gasteiger partial charge in [0.15, 0.2) is 0 Å². The average molecular weight is 379 g/mol. The number of anilines is 1. The summed E-state index contributed by atoms with van der Waals surface area (Å²) in [5.41, 5.74) is 0.246. The van der Waals surface area contributed by atoms with E-state index in [1.165, 1.54) is 4.88 Å². The van der Waals surface area contributed by atoms with Gasteiger partial charge in [-0.3, -0.25) is 9.59 Å². The third-order valence-corrected chi connectivity index (χ3v) is 5.86. The van der Waals surface area contributed by atoms with Crippen LogP contribution in [-0.2, 0) is 19.7 Å². The summed E-state index contributed by atoms with van der Waals surface area (Å²) in [6, 6.07) is 10.9. The van der Waals surface area contributed by atoms with Crippen molar-refractivity contribution in [3.63, 3.8) is 0 Å². The highest BCUT2D eigenvalue weighted by Gasteiger charge is 2.36. The van der Waals surface area contributed by atoms with E-state index >= 15 is 0 Å². The maximum absolute atomic E-state index is 12.2. The zero-order valence-corrected chi connectivity index (χ0v) is 15.2. The molecular weight excluding hydrogens is 360 g/mol. The highest BCUT2D eigenvalue weighted by molar-refractivity contribution is 7.10. The topological polar surface area (TPSA) is 67.4 Å². The predicted molar refractivity (Wildman–Crippen MR) is 99.1 cm³/mol. The summed E-state index contributed by atoms with van der Waals surface area (Å²) in [6.07, 6.45) is 1.64. The van der Waals surface area contributed by atoms with E-state index in [0.717, 1.165) is 12.8 Å². The van der Waals surface area contributed by atoms with Gasteiger partial charge >= 0.3 is 11.8 Å². The molecule has 25 heavy (non-hydrogen) atoms. The molecule has 0 unspecified atom stereocenters. The van der Waals surface area contributed by atoms with Crippen molar-refractivity contribution < 1.29 is 14.3 Å². The van der Waals surface area contributed by atoms with E-state index in [4.69, 9.17) is 16.3 Å². The predicted octanol–water partition coefficient (Wildman–Crippen LogP) is 3.20. The fourth-order valence-electron chi connectivity index (χ4n) is 2.92. The Balaban J connectivity index is 1.64. The minimum atomic E-state index is -0.721. The lowest BCUT2D eigenvalue weighted by Gasteiger charge is -2.36. The van der Waals surface area contributed by atoms with Gasteiger partial charge in [-0.25, -0.2) is 0 Å². The molecule has 0 bridgehead atoms. The number of nitrogens with one attached hydrogen (secondary N) is 2. The lowest BCUT2D eigenvalue weighted by Crippen LogP contribution is -2.46. The summed E-state index contributed by atoms with van der Waals surface area (Å²) in [7, 11) is 0. The Morgan fingerprint density at radius 3 is 2.56 bits per heavy atom. The van der Waals surface area contributed by atoms with Gasteiger partial charge in [0.25, 0.3) is 0 Å². The zero-order valence-electron chi connectivity index (χ0n) is 13.6. The minimum absolute atomic E-state index is 0.174. The number of ether oxygens (including phenoxy) is 1. The molecule has 2 heterocycles. The Morgan fingerprint density at radius 2 is 1.88 bits per heavy atom. The van der Waals surface area contributed by atoms with Gasteiger partial charge in [0, 0.05) is 30.1 Å². The molecule has 5 nitrogen and oxygen atoms in total. The van der Waals surface area contributed by atoms with Crippen molar-refractivity contribution in [2.24, 2.45) is 0 Å². The Kier molecular flexibility index (Phi) is 5.73. The molecule has 1 aliphatic rings. The van der Waals surface area contributed by atoms with Crippen LogP contribution in [0.1, 0.15) is 17.7 Å². The van der Waals surface area contributed by atoms with Gasteiger partial charge in [0.2, 0.25) is 0 Å². The van der Waals surface area contributed by atoms with Crippen molar-refractivity contribution >= 4 is 40.4 Å². The van der Waals surface area contributed by atoms with Crippen LogP contribution in [0.2, 0.25) is 5.02 Å². The molecule has 2 aromatic rings. The number of carbonyl (C=O) groups is 2. The van der Waals surface area contributed by atoms with Crippen LogP contribution in [0.25, 0.3) is 0 Å². The number of carbonyl (C=O) groups excluding carboxylic acids is 2. The molecule has 1 aliphatic heterocycles. The molecule has 0 aliphatic carbocycles. The molecule has 2 N–H and O–H groups in total. The van der Waals surface area contributed by atoms with Crippen molar-refractivity contribution in [2.45, 2.75) is 18.3 Å². The summed E-state index contributed by atoms with van der Waals surface area (Å²) < 4.78 is 5.47. The highest BCUT2D eigenvalue weighted by Crippen LogP contribution is 2.36. The second-order valence-electron chi connectivity index (χ2n) is 5.99. The Labute approximate surface area is 155 Å². The maximum atomic E-state index is 12.2. The van der Waals surface area contributed by atoms with E-state index in [9.17, 15) is 9.59 Å². The molecule has 1 fully saturated rings. The molecule has 7 heteroatoms. The van der Waals surface area contributed by atoms with E-state index in [0.29, 0.717) is 30.5 Å². The quantitative estimate of drug-likeness (QED) is 0.803. The molecule has 0 radical (unpaired) electrons. The Morgan fingerprint density at radius 1 is 1.12 bits per heavy atom. The monoisotopic (exact) mass is 378 g/mol. The molecule has 1 saturated heterocycles. The van der Waals surface area contributed by atoms with Crippen molar-refractivity contribution in [1.29, 1.82) is 0 Å². The van der Waals surface area contributed by atoms with Crippen molar-refractivity contribution in [2.75, 3.05) is 25.1 Å². The molecule has 1 aromatic carbocycles. The van der Waals surface area contributed by atoms with E-state index in [2.05, 4.69) is 16.7 Å². The molecule has 132 valence electrons. The van der Waals surface area contributed by atoms with Crippen LogP contribution < -0.4 is 10.6 Å². The number of benzene rings is 1. The molecule has 0 atom stereocenters. The first-order valence-corrected chi connectivity index (χ1v) is 9.32. The van der Waals surface area contributed by atoms with Gasteiger partial charge in [-0.05, 0) is 36.4 Å². The smallest absolute Gasteiger partial charge is 0.313 e. The second-order valence-corrected chi connectivity index (χ2v) is 7.34. The number of halogens is 1. The number of hydrogen-bond acceptors (Lipinski definition) is 4. The van der Waals surface area contributed by atoms with Gasteiger partial charge in [0.05, 0.1) is 10.7 Å². The normalized spacial score (nSPS) is 16.2. The van der Waals surface area contributed by atoms with Crippen molar-refractivity contribution in [3.05, 3.63) is 51.7 Å². The summed E-state index contributed by atoms with van der Waals surface area (Å²) in [4.78, 5) is 25.6. The van der Waals surface area contributed by atoms with Crippen LogP contribution in [-0.4, -0.2) is 31.6 Å². The van der Waals surface area contributed by atoms with E-state index in [1.54, 1.807) is 35.6 Å². The average Bonchev–Trinajstić information content (AvgIpc) is 3.18. The van der Waals surface area contributed by atoms with Gasteiger partial charge in [-0.2, -0.15) is 0 Å². The fourth-order valence-corrected chi connectivity index (χ4v) is 4.09.